The van der Waals surface area contributed by atoms with E-state index < -0.39 is 0 Å². The molecule has 0 aromatic heterocycles. The molecular weight excluding hydrogens is 218 g/mol. The molecule has 0 radical (unpaired) electrons. The third kappa shape index (κ3) is 3.04. The van der Waals surface area contributed by atoms with Crippen molar-refractivity contribution in [2.75, 3.05) is 25.0 Å². The fourth-order valence-electron chi connectivity index (χ4n) is 1.98. The number of nitrogens with zero attached hydrogens (tertiary/aromatic N) is 1. The zero-order valence-electron chi connectivity index (χ0n) is 7.51. The van der Waals surface area contributed by atoms with Gasteiger partial charge in [-0.15, -0.1) is 0 Å². The molecule has 0 aromatic rings. The Morgan fingerprint density at radius 1 is 1.25 bits per heavy atom. The average molecular weight is 236 g/mol. The zero-order chi connectivity index (χ0) is 8.81. The molecule has 0 amide bonds. The molecule has 1 aliphatic rings. The second-order valence-corrected chi connectivity index (χ2v) is 4.18. The number of aliphatic hydroxyl groups is 1. The van der Waals surface area contributed by atoms with Crippen LogP contribution in [0.3, 0.4) is 0 Å². The van der Waals surface area contributed by atoms with Crippen LogP contribution >= 0.6 is 15.9 Å². The summed E-state index contributed by atoms with van der Waals surface area (Å²) in [7, 11) is 0. The molecule has 0 bridgehead atoms. The van der Waals surface area contributed by atoms with Gasteiger partial charge in [-0.05, 0) is 12.8 Å². The van der Waals surface area contributed by atoms with Crippen molar-refractivity contribution < 1.29 is 5.11 Å². The molecule has 0 saturated heterocycles. The molecule has 2 nitrogen and oxygen atoms in total. The molecule has 1 rings (SSSR count). The highest BCUT2D eigenvalue weighted by Crippen LogP contribution is 2.22. The van der Waals surface area contributed by atoms with Crippen LogP contribution in [0.1, 0.15) is 25.7 Å². The van der Waals surface area contributed by atoms with Crippen LogP contribution in [0.25, 0.3) is 0 Å². The Morgan fingerprint density at radius 2 is 1.92 bits per heavy atom. The van der Waals surface area contributed by atoms with Crippen LogP contribution in [0.5, 0.6) is 0 Å². The minimum atomic E-state index is 0.295. The maximum Gasteiger partial charge on any atom is 0.0558 e. The highest BCUT2D eigenvalue weighted by molar-refractivity contribution is 9.09. The van der Waals surface area contributed by atoms with Gasteiger partial charge in [-0.3, -0.25) is 4.90 Å². The lowest BCUT2D eigenvalue weighted by Crippen LogP contribution is -2.36. The first kappa shape index (κ1) is 10.5. The van der Waals surface area contributed by atoms with Gasteiger partial charge in [0.05, 0.1) is 6.61 Å². The van der Waals surface area contributed by atoms with Gasteiger partial charge in [-0.2, -0.15) is 0 Å². The second-order valence-electron chi connectivity index (χ2n) is 3.39. The smallest absolute Gasteiger partial charge is 0.0558 e. The van der Waals surface area contributed by atoms with E-state index in [1.54, 1.807) is 0 Å². The van der Waals surface area contributed by atoms with E-state index in [9.17, 15) is 0 Å². The summed E-state index contributed by atoms with van der Waals surface area (Å²) in [4.78, 5) is 2.40. The minimum Gasteiger partial charge on any atom is -0.395 e. The van der Waals surface area contributed by atoms with E-state index in [1.807, 2.05) is 0 Å². The van der Waals surface area contributed by atoms with Gasteiger partial charge in [-0.1, -0.05) is 28.8 Å². The van der Waals surface area contributed by atoms with E-state index >= 15 is 0 Å². The first-order chi connectivity index (χ1) is 5.88. The lowest BCUT2D eigenvalue weighted by atomic mass is 10.2. The van der Waals surface area contributed by atoms with Crippen LogP contribution in [0.15, 0.2) is 0 Å². The molecule has 0 aliphatic heterocycles. The van der Waals surface area contributed by atoms with Gasteiger partial charge in [0, 0.05) is 24.5 Å². The molecule has 72 valence electrons. The van der Waals surface area contributed by atoms with E-state index in [0.717, 1.165) is 24.5 Å². The molecule has 1 N–H and O–H groups in total. The van der Waals surface area contributed by atoms with Crippen molar-refractivity contribution in [3.05, 3.63) is 0 Å². The van der Waals surface area contributed by atoms with Crippen molar-refractivity contribution >= 4 is 15.9 Å². The van der Waals surface area contributed by atoms with Crippen LogP contribution < -0.4 is 0 Å². The molecule has 12 heavy (non-hydrogen) atoms. The normalized spacial score (nSPS) is 19.2. The maximum atomic E-state index is 8.87. The fraction of sp³-hybridized carbons (Fsp3) is 1.00. The molecule has 0 spiro atoms. The van der Waals surface area contributed by atoms with Crippen LogP contribution in [0.2, 0.25) is 0 Å². The van der Waals surface area contributed by atoms with Gasteiger partial charge >= 0.3 is 0 Å². The lowest BCUT2D eigenvalue weighted by molar-refractivity contribution is 0.160. The number of hydrogen-bond acceptors (Lipinski definition) is 2. The van der Waals surface area contributed by atoms with E-state index in [0.29, 0.717) is 6.61 Å². The van der Waals surface area contributed by atoms with Crippen molar-refractivity contribution in [3.8, 4) is 0 Å². The SMILES string of the molecule is OCCN(CCBr)C1CCCC1. The van der Waals surface area contributed by atoms with Gasteiger partial charge < -0.3 is 5.11 Å². The summed E-state index contributed by atoms with van der Waals surface area (Å²) in [6.07, 6.45) is 5.39. The number of alkyl halides is 1. The summed E-state index contributed by atoms with van der Waals surface area (Å²) in [5.74, 6) is 0. The summed E-state index contributed by atoms with van der Waals surface area (Å²) in [6.45, 7) is 2.21. The number of halogens is 1. The Hall–Kier alpha value is 0.400. The molecule has 0 unspecified atom stereocenters. The Labute approximate surface area is 83.1 Å². The monoisotopic (exact) mass is 235 g/mol. The summed E-state index contributed by atoms with van der Waals surface area (Å²) in [6, 6.07) is 0.745. The highest BCUT2D eigenvalue weighted by Gasteiger charge is 2.20. The molecule has 3 heteroatoms. The third-order valence-electron chi connectivity index (χ3n) is 2.60. The van der Waals surface area contributed by atoms with Crippen molar-refractivity contribution in [3.63, 3.8) is 0 Å². The molecule has 1 fully saturated rings. The topological polar surface area (TPSA) is 23.5 Å². The first-order valence-electron chi connectivity index (χ1n) is 4.79. The Kier molecular flexibility index (Phi) is 5.19. The quantitative estimate of drug-likeness (QED) is 0.733. The maximum absolute atomic E-state index is 8.87. The Balaban J connectivity index is 2.29. The van der Waals surface area contributed by atoms with Crippen molar-refractivity contribution in [1.82, 2.24) is 4.90 Å². The van der Waals surface area contributed by atoms with Crippen molar-refractivity contribution in [1.29, 1.82) is 0 Å². The molecule has 0 aromatic carbocycles. The van der Waals surface area contributed by atoms with Gasteiger partial charge in [0.2, 0.25) is 0 Å². The molecule has 0 heterocycles. The van der Waals surface area contributed by atoms with E-state index in [2.05, 4.69) is 20.8 Å². The fourth-order valence-corrected chi connectivity index (χ4v) is 2.44. The first-order valence-corrected chi connectivity index (χ1v) is 5.91. The largest absolute Gasteiger partial charge is 0.395 e. The Bertz CT molecular complexity index is 109. The van der Waals surface area contributed by atoms with E-state index in [-0.39, 0.29) is 0 Å². The van der Waals surface area contributed by atoms with Gasteiger partial charge in [0.15, 0.2) is 0 Å². The highest BCUT2D eigenvalue weighted by atomic mass is 79.9. The average Bonchev–Trinajstić information content (AvgIpc) is 2.56. The van der Waals surface area contributed by atoms with E-state index in [1.165, 1.54) is 25.7 Å². The molecule has 0 atom stereocenters. The summed E-state index contributed by atoms with van der Waals surface area (Å²) >= 11 is 3.44. The van der Waals surface area contributed by atoms with Crippen LogP contribution in [-0.2, 0) is 0 Å². The predicted molar refractivity (Wildman–Crippen MR) is 54.7 cm³/mol. The minimum absolute atomic E-state index is 0.295. The zero-order valence-corrected chi connectivity index (χ0v) is 9.09. The van der Waals surface area contributed by atoms with Crippen LogP contribution in [-0.4, -0.2) is 41.1 Å². The van der Waals surface area contributed by atoms with Gasteiger partial charge in [-0.25, -0.2) is 0 Å². The van der Waals surface area contributed by atoms with Crippen LogP contribution in [0.4, 0.5) is 0 Å². The van der Waals surface area contributed by atoms with Gasteiger partial charge in [0.1, 0.15) is 0 Å². The molecular formula is C9H18BrNO. The van der Waals surface area contributed by atoms with Gasteiger partial charge in [0.25, 0.3) is 0 Å². The third-order valence-corrected chi connectivity index (χ3v) is 2.95. The summed E-state index contributed by atoms with van der Waals surface area (Å²) in [5, 5.41) is 9.88. The Morgan fingerprint density at radius 3 is 2.42 bits per heavy atom. The number of aliphatic hydroxyl groups excluding tert-OH is 1. The lowest BCUT2D eigenvalue weighted by Gasteiger charge is -2.27. The van der Waals surface area contributed by atoms with Crippen molar-refractivity contribution in [2.24, 2.45) is 0 Å². The predicted octanol–water partition coefficient (Wildman–Crippen LogP) is 1.62. The number of hydrogen-bond donors (Lipinski definition) is 1. The summed E-state index contributed by atoms with van der Waals surface area (Å²) < 4.78 is 0. The summed E-state index contributed by atoms with van der Waals surface area (Å²) in [5.41, 5.74) is 0. The van der Waals surface area contributed by atoms with Crippen molar-refractivity contribution in [2.45, 2.75) is 31.7 Å². The van der Waals surface area contributed by atoms with E-state index in [4.69, 9.17) is 5.11 Å². The molecule has 1 saturated carbocycles. The molecule has 1 aliphatic carbocycles. The second kappa shape index (κ2) is 5.95. The number of rotatable bonds is 5. The van der Waals surface area contributed by atoms with Crippen LogP contribution in [0, 0.1) is 0 Å². The standard InChI is InChI=1S/C9H18BrNO/c10-5-6-11(7-8-12)9-3-1-2-4-9/h9,12H,1-8H2.